The first-order chi connectivity index (χ1) is 8.16. The summed E-state index contributed by atoms with van der Waals surface area (Å²) < 4.78 is 11.1. The quantitative estimate of drug-likeness (QED) is 0.873. The summed E-state index contributed by atoms with van der Waals surface area (Å²) in [6.07, 6.45) is 1.49. The highest BCUT2D eigenvalue weighted by molar-refractivity contribution is 5.30. The molecule has 0 amide bonds. The smallest absolute Gasteiger partial charge is 0.120 e. The summed E-state index contributed by atoms with van der Waals surface area (Å²) in [4.78, 5) is 0. The van der Waals surface area contributed by atoms with Gasteiger partial charge in [0.15, 0.2) is 0 Å². The van der Waals surface area contributed by atoms with E-state index >= 15 is 0 Å². The maximum absolute atomic E-state index is 10.2. The van der Waals surface area contributed by atoms with Crippen LogP contribution in [0.15, 0.2) is 24.3 Å². The molecule has 0 aromatic heterocycles. The van der Waals surface area contributed by atoms with E-state index in [1.54, 1.807) is 0 Å². The largest absolute Gasteiger partial charge is 0.491 e. The third kappa shape index (κ3) is 3.20. The molecule has 1 aliphatic rings. The van der Waals surface area contributed by atoms with Crippen LogP contribution in [0.2, 0.25) is 0 Å². The van der Waals surface area contributed by atoms with Crippen molar-refractivity contribution in [2.45, 2.75) is 45.0 Å². The summed E-state index contributed by atoms with van der Waals surface area (Å²) in [7, 11) is 0. The van der Waals surface area contributed by atoms with Gasteiger partial charge in [-0.2, -0.15) is 0 Å². The van der Waals surface area contributed by atoms with Crippen molar-refractivity contribution in [3.8, 4) is 5.75 Å². The maximum Gasteiger partial charge on any atom is 0.120 e. The molecule has 3 heteroatoms. The highest BCUT2D eigenvalue weighted by Gasteiger charge is 2.25. The molecule has 1 saturated heterocycles. The Bertz CT molecular complexity index is 356. The van der Waals surface area contributed by atoms with Crippen molar-refractivity contribution in [1.29, 1.82) is 0 Å². The number of ether oxygens (including phenoxy) is 2. The SMILES string of the molecule is CC(C)Oc1cccc(C(O)C2CCCO2)c1. The second kappa shape index (κ2) is 5.52. The molecule has 94 valence electrons. The number of hydrogen-bond acceptors (Lipinski definition) is 3. The van der Waals surface area contributed by atoms with Gasteiger partial charge in [0.1, 0.15) is 11.9 Å². The zero-order valence-corrected chi connectivity index (χ0v) is 10.4. The van der Waals surface area contributed by atoms with Crippen LogP contribution in [0, 0.1) is 0 Å². The normalized spacial score (nSPS) is 21.8. The Hall–Kier alpha value is -1.06. The summed E-state index contributed by atoms with van der Waals surface area (Å²) in [5.74, 6) is 0.801. The zero-order valence-electron chi connectivity index (χ0n) is 10.4. The van der Waals surface area contributed by atoms with E-state index in [-0.39, 0.29) is 12.2 Å². The minimum atomic E-state index is -0.548. The van der Waals surface area contributed by atoms with Crippen LogP contribution in [0.25, 0.3) is 0 Å². The van der Waals surface area contributed by atoms with Gasteiger partial charge in [0, 0.05) is 6.61 Å². The summed E-state index contributed by atoms with van der Waals surface area (Å²) in [6.45, 7) is 4.73. The van der Waals surface area contributed by atoms with Crippen molar-refractivity contribution in [2.75, 3.05) is 6.61 Å². The van der Waals surface area contributed by atoms with Crippen LogP contribution in [-0.4, -0.2) is 23.9 Å². The lowest BCUT2D eigenvalue weighted by molar-refractivity contribution is -0.00271. The molecule has 2 unspecified atom stereocenters. The van der Waals surface area contributed by atoms with E-state index in [1.165, 1.54) is 0 Å². The van der Waals surface area contributed by atoms with Gasteiger partial charge in [0.05, 0.1) is 12.2 Å². The molecule has 2 atom stereocenters. The van der Waals surface area contributed by atoms with Crippen LogP contribution < -0.4 is 4.74 Å². The molecule has 1 aliphatic heterocycles. The molecule has 0 aliphatic carbocycles. The first-order valence-electron chi connectivity index (χ1n) is 6.23. The fraction of sp³-hybridized carbons (Fsp3) is 0.571. The van der Waals surface area contributed by atoms with Crippen molar-refractivity contribution < 1.29 is 14.6 Å². The Kier molecular flexibility index (Phi) is 4.02. The molecular formula is C14H20O3. The van der Waals surface area contributed by atoms with E-state index in [1.807, 2.05) is 38.1 Å². The lowest BCUT2D eigenvalue weighted by Crippen LogP contribution is -2.17. The van der Waals surface area contributed by atoms with Crippen molar-refractivity contribution in [2.24, 2.45) is 0 Å². The van der Waals surface area contributed by atoms with Crippen molar-refractivity contribution in [3.63, 3.8) is 0 Å². The van der Waals surface area contributed by atoms with E-state index in [4.69, 9.17) is 9.47 Å². The minimum absolute atomic E-state index is 0.0655. The lowest BCUT2D eigenvalue weighted by atomic mass is 10.0. The Balaban J connectivity index is 2.09. The minimum Gasteiger partial charge on any atom is -0.491 e. The fourth-order valence-electron chi connectivity index (χ4n) is 2.11. The number of rotatable bonds is 4. The zero-order chi connectivity index (χ0) is 12.3. The van der Waals surface area contributed by atoms with Gasteiger partial charge in [-0.05, 0) is 44.4 Å². The molecule has 1 aromatic rings. The highest BCUT2D eigenvalue weighted by Crippen LogP contribution is 2.28. The summed E-state index contributed by atoms with van der Waals surface area (Å²) in [6, 6.07) is 7.63. The third-order valence-electron chi connectivity index (χ3n) is 2.89. The van der Waals surface area contributed by atoms with Crippen molar-refractivity contribution in [1.82, 2.24) is 0 Å². The monoisotopic (exact) mass is 236 g/mol. The Labute approximate surface area is 102 Å². The van der Waals surface area contributed by atoms with Gasteiger partial charge in [-0.25, -0.2) is 0 Å². The van der Waals surface area contributed by atoms with Crippen LogP contribution in [0.1, 0.15) is 38.4 Å². The topological polar surface area (TPSA) is 38.7 Å². The maximum atomic E-state index is 10.2. The van der Waals surface area contributed by atoms with Crippen LogP contribution in [0.3, 0.4) is 0 Å². The standard InChI is InChI=1S/C14H20O3/c1-10(2)17-12-6-3-5-11(9-12)14(15)13-7-4-8-16-13/h3,5-6,9-10,13-15H,4,7-8H2,1-2H3. The van der Waals surface area contributed by atoms with E-state index in [9.17, 15) is 5.11 Å². The molecular weight excluding hydrogens is 216 g/mol. The third-order valence-corrected chi connectivity index (χ3v) is 2.89. The first kappa shape index (κ1) is 12.4. The second-order valence-corrected chi connectivity index (χ2v) is 4.74. The van der Waals surface area contributed by atoms with E-state index < -0.39 is 6.10 Å². The van der Waals surface area contributed by atoms with Crippen LogP contribution >= 0.6 is 0 Å². The van der Waals surface area contributed by atoms with Crippen molar-refractivity contribution >= 4 is 0 Å². The lowest BCUT2D eigenvalue weighted by Gasteiger charge is -2.19. The van der Waals surface area contributed by atoms with Crippen LogP contribution in [0.4, 0.5) is 0 Å². The molecule has 1 aromatic carbocycles. The molecule has 1 fully saturated rings. The number of benzene rings is 1. The Morgan fingerprint density at radius 3 is 2.88 bits per heavy atom. The average molecular weight is 236 g/mol. The number of hydrogen-bond donors (Lipinski definition) is 1. The number of aliphatic hydroxyl groups is 1. The van der Waals surface area contributed by atoms with Crippen LogP contribution in [0.5, 0.6) is 5.75 Å². The average Bonchev–Trinajstić information content (AvgIpc) is 2.81. The van der Waals surface area contributed by atoms with Gasteiger partial charge in [-0.3, -0.25) is 0 Å². The van der Waals surface area contributed by atoms with E-state index in [2.05, 4.69) is 0 Å². The molecule has 1 heterocycles. The van der Waals surface area contributed by atoms with E-state index in [0.717, 1.165) is 30.8 Å². The summed E-state index contributed by atoms with van der Waals surface area (Å²) in [5, 5.41) is 10.2. The van der Waals surface area contributed by atoms with Crippen molar-refractivity contribution in [3.05, 3.63) is 29.8 Å². The summed E-state index contributed by atoms with van der Waals surface area (Å²) in [5.41, 5.74) is 0.870. The molecule has 2 rings (SSSR count). The van der Waals surface area contributed by atoms with Gasteiger partial charge in [-0.15, -0.1) is 0 Å². The van der Waals surface area contributed by atoms with Crippen LogP contribution in [-0.2, 0) is 4.74 Å². The van der Waals surface area contributed by atoms with Gasteiger partial charge in [-0.1, -0.05) is 12.1 Å². The second-order valence-electron chi connectivity index (χ2n) is 4.74. The number of aliphatic hydroxyl groups excluding tert-OH is 1. The van der Waals surface area contributed by atoms with Gasteiger partial charge >= 0.3 is 0 Å². The van der Waals surface area contributed by atoms with Gasteiger partial charge in [0.2, 0.25) is 0 Å². The molecule has 0 spiro atoms. The highest BCUT2D eigenvalue weighted by atomic mass is 16.5. The first-order valence-corrected chi connectivity index (χ1v) is 6.23. The molecule has 1 N–H and O–H groups in total. The fourth-order valence-corrected chi connectivity index (χ4v) is 2.11. The predicted molar refractivity (Wildman–Crippen MR) is 66.1 cm³/mol. The molecule has 0 radical (unpaired) electrons. The van der Waals surface area contributed by atoms with Gasteiger partial charge < -0.3 is 14.6 Å². The molecule has 17 heavy (non-hydrogen) atoms. The Morgan fingerprint density at radius 1 is 1.41 bits per heavy atom. The van der Waals surface area contributed by atoms with Gasteiger partial charge in [0.25, 0.3) is 0 Å². The molecule has 0 saturated carbocycles. The summed E-state index contributed by atoms with van der Waals surface area (Å²) >= 11 is 0. The molecule has 0 bridgehead atoms. The predicted octanol–water partition coefficient (Wildman–Crippen LogP) is 2.69. The van der Waals surface area contributed by atoms with E-state index in [0.29, 0.717) is 0 Å². The Morgan fingerprint density at radius 2 is 2.24 bits per heavy atom. The molecule has 3 nitrogen and oxygen atoms in total.